The number of carbonyl (C=O) groups is 1. The summed E-state index contributed by atoms with van der Waals surface area (Å²) >= 11 is 1.43. The van der Waals surface area contributed by atoms with Crippen molar-refractivity contribution in [2.45, 2.75) is 31.3 Å². The lowest BCUT2D eigenvalue weighted by atomic mass is 9.96. The molecule has 2 rings (SSSR count). The van der Waals surface area contributed by atoms with Gasteiger partial charge in [-0.25, -0.2) is 14.4 Å². The summed E-state index contributed by atoms with van der Waals surface area (Å²) < 4.78 is 18.0. The van der Waals surface area contributed by atoms with Gasteiger partial charge in [-0.3, -0.25) is 4.79 Å². The summed E-state index contributed by atoms with van der Waals surface area (Å²) in [4.78, 5) is 20.9. The van der Waals surface area contributed by atoms with Crippen molar-refractivity contribution in [3.05, 3.63) is 41.3 Å². The number of nitrogens with zero attached hydrogens (tertiary/aromatic N) is 2. The van der Waals surface area contributed by atoms with Gasteiger partial charge in [0.15, 0.2) is 5.16 Å². The van der Waals surface area contributed by atoms with E-state index in [-0.39, 0.29) is 24.1 Å². The molecule has 4 nitrogen and oxygen atoms in total. The first-order valence-electron chi connectivity index (χ1n) is 7.23. The molecule has 1 aromatic carbocycles. The maximum atomic E-state index is 13.2. The zero-order chi connectivity index (χ0) is 17.0. The van der Waals surface area contributed by atoms with E-state index in [9.17, 15) is 9.18 Å². The fraction of sp³-hybridized carbons (Fsp3) is 0.353. The van der Waals surface area contributed by atoms with E-state index in [1.807, 2.05) is 20.1 Å². The Labute approximate surface area is 139 Å². The van der Waals surface area contributed by atoms with Crippen LogP contribution >= 0.6 is 11.8 Å². The van der Waals surface area contributed by atoms with Gasteiger partial charge in [-0.05, 0) is 36.4 Å². The van der Waals surface area contributed by atoms with Gasteiger partial charge in [0, 0.05) is 11.1 Å². The van der Waals surface area contributed by atoms with Crippen LogP contribution in [0.3, 0.4) is 0 Å². The molecule has 0 radical (unpaired) electrons. The number of aromatic nitrogens is 2. The molecule has 23 heavy (non-hydrogen) atoms. The van der Waals surface area contributed by atoms with Crippen molar-refractivity contribution in [2.75, 3.05) is 13.4 Å². The summed E-state index contributed by atoms with van der Waals surface area (Å²) in [6.45, 7) is 4.03. The number of methoxy groups -OCH3 is 1. The number of rotatable bonds is 5. The Kier molecular flexibility index (Phi) is 5.71. The van der Waals surface area contributed by atoms with E-state index in [2.05, 4.69) is 9.97 Å². The normalized spacial score (nSPS) is 10.9. The topological polar surface area (TPSA) is 52.1 Å². The number of ether oxygens (including phenoxy) is 1. The van der Waals surface area contributed by atoms with Crippen LogP contribution in [0.1, 0.15) is 31.0 Å². The van der Waals surface area contributed by atoms with Gasteiger partial charge < -0.3 is 4.74 Å². The largest absolute Gasteiger partial charge is 0.469 e. The predicted molar refractivity (Wildman–Crippen MR) is 89.0 cm³/mol. The van der Waals surface area contributed by atoms with E-state index in [0.717, 1.165) is 16.8 Å². The van der Waals surface area contributed by atoms with E-state index in [1.54, 1.807) is 12.1 Å². The van der Waals surface area contributed by atoms with Crippen LogP contribution in [-0.2, 0) is 16.0 Å². The lowest BCUT2D eigenvalue weighted by Crippen LogP contribution is -2.13. The van der Waals surface area contributed by atoms with Crippen molar-refractivity contribution in [3.63, 3.8) is 0 Å². The number of halogens is 1. The van der Waals surface area contributed by atoms with Gasteiger partial charge in [0.05, 0.1) is 24.9 Å². The first-order valence-corrected chi connectivity index (χ1v) is 8.46. The molecule has 0 aliphatic carbocycles. The van der Waals surface area contributed by atoms with E-state index in [1.165, 1.54) is 31.0 Å². The summed E-state index contributed by atoms with van der Waals surface area (Å²) in [5, 5.41) is 0.627. The van der Waals surface area contributed by atoms with E-state index in [0.29, 0.717) is 10.9 Å². The van der Waals surface area contributed by atoms with E-state index >= 15 is 0 Å². The highest BCUT2D eigenvalue weighted by Crippen LogP contribution is 2.30. The van der Waals surface area contributed by atoms with Gasteiger partial charge in [-0.1, -0.05) is 25.6 Å². The first-order chi connectivity index (χ1) is 11.0. The van der Waals surface area contributed by atoms with Crippen molar-refractivity contribution in [1.82, 2.24) is 9.97 Å². The fourth-order valence-corrected chi connectivity index (χ4v) is 2.66. The number of thioether (sulfide) groups is 1. The molecule has 0 aliphatic rings. The van der Waals surface area contributed by atoms with Crippen molar-refractivity contribution < 1.29 is 13.9 Å². The lowest BCUT2D eigenvalue weighted by molar-refractivity contribution is -0.139. The molecule has 122 valence electrons. The van der Waals surface area contributed by atoms with Gasteiger partial charge >= 0.3 is 5.97 Å². The molecule has 0 atom stereocenters. The van der Waals surface area contributed by atoms with E-state index < -0.39 is 0 Å². The number of hydrogen-bond donors (Lipinski definition) is 0. The van der Waals surface area contributed by atoms with Gasteiger partial charge in [-0.2, -0.15) is 0 Å². The van der Waals surface area contributed by atoms with Crippen LogP contribution in [-0.4, -0.2) is 29.3 Å². The van der Waals surface area contributed by atoms with Gasteiger partial charge in [-0.15, -0.1) is 0 Å². The average molecular weight is 334 g/mol. The Hall–Kier alpha value is -1.95. The summed E-state index contributed by atoms with van der Waals surface area (Å²) in [5.41, 5.74) is 2.95. The third kappa shape index (κ3) is 4.07. The molecule has 0 bridgehead atoms. The number of esters is 1. The minimum absolute atomic E-state index is 0.0887. The van der Waals surface area contributed by atoms with Crippen LogP contribution in [0, 0.1) is 5.82 Å². The second-order valence-corrected chi connectivity index (χ2v) is 6.11. The molecule has 1 heterocycles. The Morgan fingerprint density at radius 1 is 1.26 bits per heavy atom. The van der Waals surface area contributed by atoms with Crippen LogP contribution in [0.15, 0.2) is 29.4 Å². The maximum Gasteiger partial charge on any atom is 0.310 e. The summed E-state index contributed by atoms with van der Waals surface area (Å²) in [6.07, 6.45) is 1.99. The Balaban J connectivity index is 2.67. The van der Waals surface area contributed by atoms with Crippen LogP contribution < -0.4 is 0 Å². The Bertz CT molecular complexity index is 702. The molecule has 1 aromatic heterocycles. The minimum Gasteiger partial charge on any atom is -0.469 e. The first kappa shape index (κ1) is 17.4. The van der Waals surface area contributed by atoms with Crippen LogP contribution in [0.4, 0.5) is 4.39 Å². The highest BCUT2D eigenvalue weighted by molar-refractivity contribution is 7.98. The minimum atomic E-state index is -0.351. The van der Waals surface area contributed by atoms with Gasteiger partial charge in [0.25, 0.3) is 0 Å². The highest BCUT2D eigenvalue weighted by atomic mass is 32.2. The zero-order valence-corrected chi connectivity index (χ0v) is 14.4. The summed E-state index contributed by atoms with van der Waals surface area (Å²) in [5.74, 6) is -0.537. The molecule has 0 amide bonds. The van der Waals surface area contributed by atoms with Crippen molar-refractivity contribution >= 4 is 17.7 Å². The van der Waals surface area contributed by atoms with E-state index in [4.69, 9.17) is 4.74 Å². The molecule has 2 aromatic rings. The molecule has 0 fully saturated rings. The molecular formula is C17H19FN2O2S. The molecule has 0 N–H and O–H groups in total. The highest BCUT2D eigenvalue weighted by Gasteiger charge is 2.20. The third-order valence-corrected chi connectivity index (χ3v) is 3.96. The number of hydrogen-bond acceptors (Lipinski definition) is 5. The van der Waals surface area contributed by atoms with Crippen molar-refractivity contribution in [2.24, 2.45) is 0 Å². The standard InChI is InChI=1S/C17H19FN2O2S/c1-10(2)15-13(9-14(21)22-3)16(20-17(19-15)23-4)11-5-7-12(18)8-6-11/h5-8,10H,9H2,1-4H3. The fourth-order valence-electron chi connectivity index (χ4n) is 2.29. The number of benzene rings is 1. The molecule has 6 heteroatoms. The Morgan fingerprint density at radius 2 is 1.91 bits per heavy atom. The smallest absolute Gasteiger partial charge is 0.310 e. The summed E-state index contributed by atoms with van der Waals surface area (Å²) in [6, 6.07) is 6.08. The monoisotopic (exact) mass is 334 g/mol. The Morgan fingerprint density at radius 3 is 2.43 bits per heavy atom. The van der Waals surface area contributed by atoms with Crippen molar-refractivity contribution in [1.29, 1.82) is 0 Å². The lowest BCUT2D eigenvalue weighted by Gasteiger charge is -2.16. The molecule has 0 saturated carbocycles. The van der Waals surface area contributed by atoms with Crippen LogP contribution in [0.5, 0.6) is 0 Å². The SMILES string of the molecule is COC(=O)Cc1c(-c2ccc(F)cc2)nc(SC)nc1C(C)C. The molecule has 0 unspecified atom stereocenters. The van der Waals surface area contributed by atoms with Crippen LogP contribution in [0.25, 0.3) is 11.3 Å². The molecule has 0 spiro atoms. The second kappa shape index (κ2) is 7.55. The van der Waals surface area contributed by atoms with Gasteiger partial charge in [0.1, 0.15) is 5.82 Å². The maximum absolute atomic E-state index is 13.2. The zero-order valence-electron chi connectivity index (χ0n) is 13.6. The second-order valence-electron chi connectivity index (χ2n) is 5.34. The molecule has 0 aliphatic heterocycles. The average Bonchev–Trinajstić information content (AvgIpc) is 2.55. The van der Waals surface area contributed by atoms with Gasteiger partial charge in [0.2, 0.25) is 0 Å². The molecular weight excluding hydrogens is 315 g/mol. The van der Waals surface area contributed by atoms with Crippen molar-refractivity contribution in [3.8, 4) is 11.3 Å². The third-order valence-electron chi connectivity index (χ3n) is 3.41. The number of carbonyl (C=O) groups excluding carboxylic acids is 1. The van der Waals surface area contributed by atoms with Crippen LogP contribution in [0.2, 0.25) is 0 Å². The predicted octanol–water partition coefficient (Wildman–Crippen LogP) is 3.84. The molecule has 0 saturated heterocycles. The quantitative estimate of drug-likeness (QED) is 0.472. The summed E-state index contributed by atoms with van der Waals surface area (Å²) in [7, 11) is 1.35.